The van der Waals surface area contributed by atoms with E-state index in [1.54, 1.807) is 0 Å². The first-order chi connectivity index (χ1) is 5.66. The van der Waals surface area contributed by atoms with Gasteiger partial charge in [0.1, 0.15) is 0 Å². The standard InChI is InChI=1S/4HO2P.Re/c4*1-3-2;/h4*(H,1,2);/p-4. The van der Waals surface area contributed by atoms with Crippen LogP contribution in [-0.4, -0.2) is 0 Å². The van der Waals surface area contributed by atoms with Gasteiger partial charge in [0.25, 0.3) is 0 Å². The first-order valence-corrected chi connectivity index (χ1v) is 4.38. The molecule has 13 heavy (non-hydrogen) atoms. The fourth-order valence-corrected chi connectivity index (χ4v) is 0. The van der Waals surface area contributed by atoms with Gasteiger partial charge in [-0.05, 0) is 0 Å². The van der Waals surface area contributed by atoms with Crippen LogP contribution in [-0.2, 0) is 38.7 Å². The molecule has 0 aromatic carbocycles. The summed E-state index contributed by atoms with van der Waals surface area (Å²) in [6, 6.07) is 0. The maximum Gasteiger partial charge on any atom is 0.0642 e. The van der Waals surface area contributed by atoms with Crippen molar-refractivity contribution >= 4 is 34.7 Å². The summed E-state index contributed by atoms with van der Waals surface area (Å²) in [6.07, 6.45) is 0. The van der Waals surface area contributed by atoms with Crippen LogP contribution < -0.4 is 19.6 Å². The van der Waals surface area contributed by atoms with Crippen molar-refractivity contribution in [3.8, 4) is 0 Å². The Kier molecular flexibility index (Phi) is 171. The number of hydrogen-bond donors (Lipinski definition) is 0. The van der Waals surface area contributed by atoms with Crippen molar-refractivity contribution in [1.29, 1.82) is 0 Å². The van der Waals surface area contributed by atoms with E-state index in [4.69, 9.17) is 37.8 Å². The molecular weight excluding hydrogens is 438 g/mol. The molecule has 0 saturated heterocycles. The zero-order chi connectivity index (χ0) is 10.8. The molecule has 0 aromatic heterocycles. The first kappa shape index (κ1) is 29.2. The van der Waals surface area contributed by atoms with E-state index in [9.17, 15) is 0 Å². The molecule has 0 N–H and O–H groups in total. The quantitative estimate of drug-likeness (QED) is 0.401. The summed E-state index contributed by atoms with van der Waals surface area (Å²) in [5.74, 6) is 0. The summed E-state index contributed by atoms with van der Waals surface area (Å²) in [4.78, 5) is 33.4. The van der Waals surface area contributed by atoms with Gasteiger partial charge in [0.2, 0.25) is 0 Å². The van der Waals surface area contributed by atoms with E-state index in [-0.39, 0.29) is 20.4 Å². The summed E-state index contributed by atoms with van der Waals surface area (Å²) in [5.41, 5.74) is 0. The molecule has 0 aromatic rings. The van der Waals surface area contributed by atoms with Gasteiger partial charge >= 0.3 is 0 Å². The molecular formula is O8P4Re-4. The third-order valence-corrected chi connectivity index (χ3v) is 0. The average molecular weight is 438 g/mol. The molecule has 0 fully saturated rings. The Hall–Kier alpha value is 0.902. The molecule has 0 amide bonds. The van der Waals surface area contributed by atoms with Gasteiger partial charge < -0.3 is 19.6 Å². The van der Waals surface area contributed by atoms with Crippen LogP contribution in [0.15, 0.2) is 0 Å². The zero-order valence-electron chi connectivity index (χ0n) is 5.43. The van der Waals surface area contributed by atoms with E-state index >= 15 is 0 Å². The second kappa shape index (κ2) is 76.1. The zero-order valence-corrected chi connectivity index (χ0v) is 11.7. The predicted molar refractivity (Wildman–Crippen MR) is 30.4 cm³/mol. The second-order valence-electron chi connectivity index (χ2n) is 0.298. The van der Waals surface area contributed by atoms with E-state index < -0.39 is 34.7 Å². The number of rotatable bonds is 0. The minimum Gasteiger partial charge on any atom is -0.772 e. The van der Waals surface area contributed by atoms with Gasteiger partial charge in [-0.2, -0.15) is 0 Å². The van der Waals surface area contributed by atoms with Crippen molar-refractivity contribution in [3.63, 3.8) is 0 Å². The summed E-state index contributed by atoms with van der Waals surface area (Å²) < 4.78 is 33.4. The van der Waals surface area contributed by atoms with Crippen LogP contribution in [0.4, 0.5) is 0 Å². The van der Waals surface area contributed by atoms with Crippen LogP contribution >= 0.6 is 34.7 Å². The van der Waals surface area contributed by atoms with Gasteiger partial charge in [-0.1, -0.05) is 0 Å². The smallest absolute Gasteiger partial charge is 0.0642 e. The molecule has 0 aliphatic rings. The van der Waals surface area contributed by atoms with Crippen LogP contribution in [0.25, 0.3) is 0 Å². The van der Waals surface area contributed by atoms with E-state index in [1.807, 2.05) is 0 Å². The van der Waals surface area contributed by atoms with Crippen LogP contribution in [0.2, 0.25) is 0 Å². The molecule has 79 valence electrons. The predicted octanol–water partition coefficient (Wildman–Crippen LogP) is -1.79. The Labute approximate surface area is 93.2 Å². The van der Waals surface area contributed by atoms with Crippen molar-refractivity contribution in [3.05, 3.63) is 0 Å². The molecule has 0 saturated carbocycles. The van der Waals surface area contributed by atoms with Crippen molar-refractivity contribution in [2.75, 3.05) is 0 Å². The van der Waals surface area contributed by atoms with Gasteiger partial charge in [-0.25, -0.2) is 0 Å². The van der Waals surface area contributed by atoms with Gasteiger partial charge in [-0.3, -0.25) is 18.3 Å². The molecule has 0 atom stereocenters. The average Bonchev–Trinajstić information content (AvgIpc) is 1.92. The van der Waals surface area contributed by atoms with Gasteiger partial charge in [0.05, 0.1) is 34.7 Å². The maximum absolute atomic E-state index is 8.35. The largest absolute Gasteiger partial charge is 0.772 e. The molecule has 1 radical (unpaired) electrons. The molecule has 0 spiro atoms. The Balaban J connectivity index is -0.0000000213. The maximum atomic E-state index is 8.35. The molecule has 0 aliphatic heterocycles. The van der Waals surface area contributed by atoms with Crippen LogP contribution in [0.5, 0.6) is 0 Å². The topological polar surface area (TPSA) is 161 Å². The molecule has 0 aliphatic carbocycles. The Morgan fingerprint density at radius 1 is 0.538 bits per heavy atom. The Bertz CT molecular complexity index is 70.1. The fourth-order valence-electron chi connectivity index (χ4n) is 0. The Morgan fingerprint density at radius 3 is 0.538 bits per heavy atom. The van der Waals surface area contributed by atoms with E-state index in [0.29, 0.717) is 0 Å². The summed E-state index contributed by atoms with van der Waals surface area (Å²) in [7, 11) is -4.33. The molecule has 0 unspecified atom stereocenters. The minimum atomic E-state index is -1.08. The van der Waals surface area contributed by atoms with Gasteiger partial charge in [0, 0.05) is 20.4 Å². The van der Waals surface area contributed by atoms with Crippen LogP contribution in [0.1, 0.15) is 0 Å². The van der Waals surface area contributed by atoms with Crippen LogP contribution in [0, 0.1) is 0 Å². The normalized spacial score (nSPS) is 6.46. The molecule has 8 nitrogen and oxygen atoms in total. The van der Waals surface area contributed by atoms with Crippen LogP contribution in [0.3, 0.4) is 0 Å². The molecule has 0 rings (SSSR count). The van der Waals surface area contributed by atoms with E-state index in [2.05, 4.69) is 0 Å². The van der Waals surface area contributed by atoms with Crippen molar-refractivity contribution in [2.24, 2.45) is 0 Å². The third kappa shape index (κ3) is 1880. The molecule has 13 heteroatoms. The van der Waals surface area contributed by atoms with E-state index in [1.165, 1.54) is 0 Å². The van der Waals surface area contributed by atoms with Crippen molar-refractivity contribution in [1.82, 2.24) is 0 Å². The summed E-state index contributed by atoms with van der Waals surface area (Å²) in [5, 5.41) is 0. The monoisotopic (exact) mass is 439 g/mol. The van der Waals surface area contributed by atoms with Gasteiger partial charge in [0.15, 0.2) is 0 Å². The molecule has 0 heterocycles. The first-order valence-electron chi connectivity index (χ1n) is 1.46. The van der Waals surface area contributed by atoms with Crippen molar-refractivity contribution < 1.29 is 58.3 Å². The minimum absolute atomic E-state index is 0. The fraction of sp³-hybridized carbons (Fsp3) is 0. The molecule has 0 bridgehead atoms. The van der Waals surface area contributed by atoms with Crippen molar-refractivity contribution in [2.45, 2.75) is 0 Å². The summed E-state index contributed by atoms with van der Waals surface area (Å²) in [6.45, 7) is 0. The Morgan fingerprint density at radius 2 is 0.538 bits per heavy atom. The van der Waals surface area contributed by atoms with E-state index in [0.717, 1.165) is 0 Å². The third-order valence-electron chi connectivity index (χ3n) is 0. The van der Waals surface area contributed by atoms with Gasteiger partial charge in [-0.15, -0.1) is 0 Å². The SMILES string of the molecule is O=P[O-].O=P[O-].O=P[O-].O=P[O-].[Re]. The summed E-state index contributed by atoms with van der Waals surface area (Å²) >= 11 is 0. The number of hydrogen-bond acceptors (Lipinski definition) is 8. The second-order valence-corrected chi connectivity index (χ2v) is 0.894.